The molecule has 3 atom stereocenters. The van der Waals surface area contributed by atoms with Crippen LogP contribution in [0, 0.1) is 11.6 Å². The number of nitrogens with one attached hydrogen (secondary N) is 1. The standard InChI is InChI=1S/C11H13F2NOS/c1-6-3-10(14-2)8-4-7(12)5-9(13)11(8)16(6)15/h4-6,10,14H,3H2,1-2H3. The molecule has 1 aliphatic rings. The zero-order valence-electron chi connectivity index (χ0n) is 9.09. The van der Waals surface area contributed by atoms with Crippen LogP contribution in [-0.4, -0.2) is 16.5 Å². The number of hydrogen-bond acceptors (Lipinski definition) is 2. The Hall–Kier alpha value is -0.810. The van der Waals surface area contributed by atoms with Gasteiger partial charge in [-0.25, -0.2) is 8.78 Å². The number of fused-ring (bicyclic) bond motifs is 1. The summed E-state index contributed by atoms with van der Waals surface area (Å²) in [7, 11) is 0.351. The first-order valence-electron chi connectivity index (χ1n) is 5.11. The first kappa shape index (κ1) is 11.7. The molecule has 1 N–H and O–H groups in total. The molecule has 0 aromatic heterocycles. The largest absolute Gasteiger partial charge is 0.313 e. The molecule has 0 bridgehead atoms. The third kappa shape index (κ3) is 1.78. The maximum absolute atomic E-state index is 13.6. The van der Waals surface area contributed by atoms with Crippen LogP contribution >= 0.6 is 0 Å². The first-order chi connectivity index (χ1) is 7.54. The van der Waals surface area contributed by atoms with Gasteiger partial charge < -0.3 is 5.32 Å². The Morgan fingerprint density at radius 1 is 1.44 bits per heavy atom. The fourth-order valence-electron chi connectivity index (χ4n) is 2.07. The minimum Gasteiger partial charge on any atom is -0.313 e. The Morgan fingerprint density at radius 2 is 2.12 bits per heavy atom. The number of hydrogen-bond donors (Lipinski definition) is 1. The van der Waals surface area contributed by atoms with Gasteiger partial charge >= 0.3 is 0 Å². The second-order valence-corrected chi connectivity index (χ2v) is 5.80. The number of halogens is 2. The molecule has 1 heterocycles. The third-order valence-corrected chi connectivity index (χ3v) is 4.65. The van der Waals surface area contributed by atoms with E-state index >= 15 is 0 Å². The minimum atomic E-state index is -1.38. The Morgan fingerprint density at radius 3 is 2.75 bits per heavy atom. The van der Waals surface area contributed by atoms with Crippen LogP contribution in [0.25, 0.3) is 0 Å². The van der Waals surface area contributed by atoms with E-state index in [1.807, 2.05) is 6.92 Å². The van der Waals surface area contributed by atoms with Gasteiger partial charge in [0.05, 0.1) is 15.7 Å². The molecule has 1 aromatic carbocycles. The van der Waals surface area contributed by atoms with Crippen molar-refractivity contribution in [2.45, 2.75) is 29.5 Å². The van der Waals surface area contributed by atoms with E-state index in [2.05, 4.69) is 5.32 Å². The van der Waals surface area contributed by atoms with Gasteiger partial charge in [-0.15, -0.1) is 0 Å². The average molecular weight is 245 g/mol. The molecule has 16 heavy (non-hydrogen) atoms. The van der Waals surface area contributed by atoms with Crippen molar-refractivity contribution < 1.29 is 13.0 Å². The molecule has 0 spiro atoms. The van der Waals surface area contributed by atoms with E-state index in [4.69, 9.17) is 0 Å². The maximum Gasteiger partial charge on any atom is 0.142 e. The van der Waals surface area contributed by atoms with Crippen molar-refractivity contribution in [3.05, 3.63) is 29.3 Å². The molecule has 2 nitrogen and oxygen atoms in total. The molecule has 0 aliphatic carbocycles. The van der Waals surface area contributed by atoms with Crippen LogP contribution in [0.5, 0.6) is 0 Å². The summed E-state index contributed by atoms with van der Waals surface area (Å²) in [6.07, 6.45) is 0.624. The highest BCUT2D eigenvalue weighted by Gasteiger charge is 2.32. The van der Waals surface area contributed by atoms with E-state index in [1.54, 1.807) is 7.05 Å². The second-order valence-electron chi connectivity index (χ2n) is 3.99. The predicted molar refractivity (Wildman–Crippen MR) is 58.6 cm³/mol. The number of benzene rings is 1. The normalized spacial score (nSPS) is 28.9. The molecule has 0 radical (unpaired) electrons. The quantitative estimate of drug-likeness (QED) is 0.821. The van der Waals surface area contributed by atoms with Gasteiger partial charge in [0.25, 0.3) is 0 Å². The van der Waals surface area contributed by atoms with Crippen LogP contribution in [0.1, 0.15) is 24.9 Å². The molecule has 0 fully saturated rings. The van der Waals surface area contributed by atoms with Gasteiger partial charge in [0.1, 0.15) is 11.6 Å². The first-order valence-corrected chi connectivity index (χ1v) is 6.32. The van der Waals surface area contributed by atoms with Crippen molar-refractivity contribution in [3.8, 4) is 0 Å². The van der Waals surface area contributed by atoms with Gasteiger partial charge in [-0.2, -0.15) is 0 Å². The predicted octanol–water partition coefficient (Wildman–Crippen LogP) is 2.13. The maximum atomic E-state index is 13.6. The summed E-state index contributed by atoms with van der Waals surface area (Å²) in [6.45, 7) is 1.81. The lowest BCUT2D eigenvalue weighted by Crippen LogP contribution is -2.30. The van der Waals surface area contributed by atoms with Gasteiger partial charge in [-0.05, 0) is 25.1 Å². The summed E-state index contributed by atoms with van der Waals surface area (Å²) in [5, 5.41) is 2.88. The van der Waals surface area contributed by atoms with Crippen LogP contribution in [0.3, 0.4) is 0 Å². The second kappa shape index (κ2) is 4.22. The molecule has 0 amide bonds. The topological polar surface area (TPSA) is 29.1 Å². The van der Waals surface area contributed by atoms with E-state index in [0.717, 1.165) is 6.07 Å². The highest BCUT2D eigenvalue weighted by Crippen LogP contribution is 2.35. The summed E-state index contributed by atoms with van der Waals surface area (Å²) in [5.41, 5.74) is 0.483. The molecule has 0 saturated heterocycles. The molecule has 1 aliphatic heterocycles. The van der Waals surface area contributed by atoms with Crippen LogP contribution in [0.4, 0.5) is 8.78 Å². The Bertz CT molecular complexity index is 450. The van der Waals surface area contributed by atoms with Crippen molar-refractivity contribution in [1.29, 1.82) is 0 Å². The zero-order chi connectivity index (χ0) is 11.9. The van der Waals surface area contributed by atoms with Gasteiger partial charge in [-0.3, -0.25) is 4.21 Å². The third-order valence-electron chi connectivity index (χ3n) is 2.90. The highest BCUT2D eigenvalue weighted by atomic mass is 32.2. The molecule has 0 saturated carbocycles. The monoisotopic (exact) mass is 245 g/mol. The van der Waals surface area contributed by atoms with Crippen LogP contribution in [0.15, 0.2) is 17.0 Å². The minimum absolute atomic E-state index is 0.120. The smallest absolute Gasteiger partial charge is 0.142 e. The molecular weight excluding hydrogens is 232 g/mol. The van der Waals surface area contributed by atoms with E-state index < -0.39 is 22.4 Å². The van der Waals surface area contributed by atoms with Crippen LogP contribution in [-0.2, 0) is 10.8 Å². The molecule has 88 valence electrons. The van der Waals surface area contributed by atoms with Crippen LogP contribution < -0.4 is 5.32 Å². The molecule has 3 unspecified atom stereocenters. The summed E-state index contributed by atoms with van der Waals surface area (Å²) in [5.74, 6) is -1.33. The summed E-state index contributed by atoms with van der Waals surface area (Å²) in [4.78, 5) is 0.152. The lowest BCUT2D eigenvalue weighted by molar-refractivity contribution is 0.487. The van der Waals surface area contributed by atoms with Crippen molar-refractivity contribution in [2.75, 3.05) is 7.05 Å². The molecule has 5 heteroatoms. The van der Waals surface area contributed by atoms with Crippen molar-refractivity contribution in [3.63, 3.8) is 0 Å². The van der Waals surface area contributed by atoms with Crippen LogP contribution in [0.2, 0.25) is 0 Å². The lowest BCUT2D eigenvalue weighted by Gasteiger charge is -2.29. The Kier molecular flexibility index (Phi) is 3.08. The highest BCUT2D eigenvalue weighted by molar-refractivity contribution is 7.85. The lowest BCUT2D eigenvalue weighted by atomic mass is 10.0. The van der Waals surface area contributed by atoms with Gasteiger partial charge in [0.15, 0.2) is 0 Å². The van der Waals surface area contributed by atoms with Gasteiger partial charge in [-0.1, -0.05) is 6.92 Å². The van der Waals surface area contributed by atoms with E-state index in [-0.39, 0.29) is 16.2 Å². The molecule has 1 aromatic rings. The van der Waals surface area contributed by atoms with E-state index in [9.17, 15) is 13.0 Å². The fraction of sp³-hybridized carbons (Fsp3) is 0.455. The van der Waals surface area contributed by atoms with Crippen molar-refractivity contribution >= 4 is 10.8 Å². The Balaban J connectivity index is 2.63. The van der Waals surface area contributed by atoms with Gasteiger partial charge in [0, 0.05) is 17.4 Å². The van der Waals surface area contributed by atoms with E-state index in [1.165, 1.54) is 6.07 Å². The average Bonchev–Trinajstić information content (AvgIpc) is 2.22. The summed E-state index contributed by atoms with van der Waals surface area (Å²) < 4.78 is 38.7. The SMILES string of the molecule is CNC1CC(C)S(=O)c2c(F)cc(F)cc21. The summed E-state index contributed by atoms with van der Waals surface area (Å²) >= 11 is 0. The van der Waals surface area contributed by atoms with Crippen molar-refractivity contribution in [1.82, 2.24) is 5.32 Å². The zero-order valence-corrected chi connectivity index (χ0v) is 9.91. The Labute approximate surface area is 95.5 Å². The molecule has 2 rings (SSSR count). The molecular formula is C11H13F2NOS. The number of rotatable bonds is 1. The van der Waals surface area contributed by atoms with E-state index in [0.29, 0.717) is 12.0 Å². The summed E-state index contributed by atoms with van der Waals surface area (Å²) in [6, 6.07) is 1.93. The van der Waals surface area contributed by atoms with Crippen molar-refractivity contribution in [2.24, 2.45) is 0 Å². The van der Waals surface area contributed by atoms with Gasteiger partial charge in [0.2, 0.25) is 0 Å². The fourth-order valence-corrected chi connectivity index (χ4v) is 3.53.